The van der Waals surface area contributed by atoms with Crippen LogP contribution in [0.5, 0.6) is 0 Å². The second kappa shape index (κ2) is 6.54. The Hall–Kier alpha value is -2.14. The number of nitrogens with zero attached hydrogens (tertiary/aromatic N) is 2. The number of amides is 1. The fourth-order valence-electron chi connectivity index (χ4n) is 1.65. The van der Waals surface area contributed by atoms with Crippen molar-refractivity contribution in [1.82, 2.24) is 9.97 Å². The Labute approximate surface area is 128 Å². The third kappa shape index (κ3) is 4.16. The number of anilines is 3. The molecule has 0 bridgehead atoms. The molecule has 0 spiro atoms. The number of hydrogen-bond acceptors (Lipinski definition) is 4. The lowest BCUT2D eigenvalue weighted by Crippen LogP contribution is -2.17. The standard InChI is InChI=1S/C15H17ClN4O/c1-9(2)14(21)19-12-6-4-5-11(7-12)18-13-10(3)8-17-15(16)20-13/h4-9H,1-3H3,(H,19,21)(H,17,18,20). The Morgan fingerprint density at radius 3 is 2.71 bits per heavy atom. The lowest BCUT2D eigenvalue weighted by molar-refractivity contribution is -0.118. The van der Waals surface area contributed by atoms with Crippen LogP contribution in [0.4, 0.5) is 17.2 Å². The summed E-state index contributed by atoms with van der Waals surface area (Å²) in [6.07, 6.45) is 1.65. The Balaban J connectivity index is 2.18. The monoisotopic (exact) mass is 304 g/mol. The molecule has 2 aromatic rings. The van der Waals surface area contributed by atoms with Gasteiger partial charge in [0.15, 0.2) is 0 Å². The average Bonchev–Trinajstić information content (AvgIpc) is 2.43. The van der Waals surface area contributed by atoms with Gasteiger partial charge in [-0.05, 0) is 36.7 Å². The molecule has 1 heterocycles. The first-order valence-corrected chi connectivity index (χ1v) is 7.00. The van der Waals surface area contributed by atoms with Crippen molar-refractivity contribution in [1.29, 1.82) is 0 Å². The van der Waals surface area contributed by atoms with Crippen molar-refractivity contribution in [3.8, 4) is 0 Å². The minimum absolute atomic E-state index is 0.0200. The van der Waals surface area contributed by atoms with E-state index >= 15 is 0 Å². The second-order valence-electron chi connectivity index (χ2n) is 5.02. The molecule has 0 aliphatic heterocycles. The van der Waals surface area contributed by atoms with Gasteiger partial charge in [-0.3, -0.25) is 4.79 Å². The molecular formula is C15H17ClN4O. The molecule has 5 nitrogen and oxygen atoms in total. The van der Waals surface area contributed by atoms with Crippen LogP contribution in [0.2, 0.25) is 5.28 Å². The van der Waals surface area contributed by atoms with Crippen LogP contribution in [-0.4, -0.2) is 15.9 Å². The summed E-state index contributed by atoms with van der Waals surface area (Å²) in [6, 6.07) is 7.43. The van der Waals surface area contributed by atoms with E-state index in [1.807, 2.05) is 45.0 Å². The lowest BCUT2D eigenvalue weighted by atomic mass is 10.2. The van der Waals surface area contributed by atoms with Crippen molar-refractivity contribution in [2.24, 2.45) is 5.92 Å². The number of aryl methyl sites for hydroxylation is 1. The molecule has 1 aromatic carbocycles. The molecule has 2 rings (SSSR count). The first kappa shape index (κ1) is 15.3. The molecule has 21 heavy (non-hydrogen) atoms. The van der Waals surface area contributed by atoms with E-state index in [0.29, 0.717) is 5.82 Å². The van der Waals surface area contributed by atoms with Gasteiger partial charge in [-0.15, -0.1) is 0 Å². The molecule has 0 atom stereocenters. The summed E-state index contributed by atoms with van der Waals surface area (Å²) in [7, 11) is 0. The predicted octanol–water partition coefficient (Wildman–Crippen LogP) is 3.78. The van der Waals surface area contributed by atoms with Gasteiger partial charge in [0.1, 0.15) is 5.82 Å². The van der Waals surface area contributed by atoms with Gasteiger partial charge >= 0.3 is 0 Å². The number of carbonyl (C=O) groups is 1. The highest BCUT2D eigenvalue weighted by Gasteiger charge is 2.08. The van der Waals surface area contributed by atoms with Crippen LogP contribution in [0.25, 0.3) is 0 Å². The summed E-state index contributed by atoms with van der Waals surface area (Å²) in [5.41, 5.74) is 2.43. The first-order chi connectivity index (χ1) is 9.95. The number of benzene rings is 1. The second-order valence-corrected chi connectivity index (χ2v) is 5.36. The summed E-state index contributed by atoms with van der Waals surface area (Å²) in [6.45, 7) is 5.59. The summed E-state index contributed by atoms with van der Waals surface area (Å²) < 4.78 is 0. The van der Waals surface area contributed by atoms with Gasteiger partial charge in [0.2, 0.25) is 11.2 Å². The van der Waals surface area contributed by atoms with Gasteiger partial charge in [-0.1, -0.05) is 19.9 Å². The zero-order valence-corrected chi connectivity index (χ0v) is 12.9. The van der Waals surface area contributed by atoms with Gasteiger partial charge in [0.25, 0.3) is 0 Å². The highest BCUT2D eigenvalue weighted by Crippen LogP contribution is 2.22. The van der Waals surface area contributed by atoms with Gasteiger partial charge in [0, 0.05) is 29.1 Å². The Bertz CT molecular complexity index is 658. The van der Waals surface area contributed by atoms with E-state index in [-0.39, 0.29) is 17.1 Å². The Morgan fingerprint density at radius 2 is 2.00 bits per heavy atom. The van der Waals surface area contributed by atoms with Crippen molar-refractivity contribution < 1.29 is 4.79 Å². The summed E-state index contributed by atoms with van der Waals surface area (Å²) in [5, 5.41) is 6.21. The van der Waals surface area contributed by atoms with Crippen LogP contribution < -0.4 is 10.6 Å². The Kier molecular flexibility index (Phi) is 4.75. The molecular weight excluding hydrogens is 288 g/mol. The maximum atomic E-state index is 11.7. The van der Waals surface area contributed by atoms with E-state index in [0.717, 1.165) is 16.9 Å². The van der Waals surface area contributed by atoms with Crippen LogP contribution in [0.3, 0.4) is 0 Å². The summed E-state index contributed by atoms with van der Waals surface area (Å²) in [4.78, 5) is 19.8. The van der Waals surface area contributed by atoms with E-state index in [1.165, 1.54) is 0 Å². The topological polar surface area (TPSA) is 66.9 Å². The van der Waals surface area contributed by atoms with Gasteiger partial charge in [0.05, 0.1) is 0 Å². The van der Waals surface area contributed by atoms with Crippen molar-refractivity contribution in [2.45, 2.75) is 20.8 Å². The SMILES string of the molecule is Cc1cnc(Cl)nc1Nc1cccc(NC(=O)C(C)C)c1. The molecule has 0 radical (unpaired) electrons. The smallest absolute Gasteiger partial charge is 0.226 e. The zero-order chi connectivity index (χ0) is 15.4. The number of aromatic nitrogens is 2. The third-order valence-corrected chi connectivity index (χ3v) is 3.04. The lowest BCUT2D eigenvalue weighted by Gasteiger charge is -2.11. The maximum Gasteiger partial charge on any atom is 0.226 e. The minimum Gasteiger partial charge on any atom is -0.340 e. The molecule has 0 aliphatic rings. The van der Waals surface area contributed by atoms with Crippen molar-refractivity contribution in [3.63, 3.8) is 0 Å². The van der Waals surface area contributed by atoms with Crippen molar-refractivity contribution >= 4 is 34.7 Å². The molecule has 0 saturated carbocycles. The Morgan fingerprint density at radius 1 is 1.29 bits per heavy atom. The van der Waals surface area contributed by atoms with Crippen molar-refractivity contribution in [2.75, 3.05) is 10.6 Å². The molecule has 6 heteroatoms. The van der Waals surface area contributed by atoms with Crippen LogP contribution in [0.1, 0.15) is 19.4 Å². The number of rotatable bonds is 4. The van der Waals surface area contributed by atoms with E-state index in [1.54, 1.807) is 6.20 Å². The normalized spacial score (nSPS) is 10.5. The summed E-state index contributed by atoms with van der Waals surface area (Å²) in [5.74, 6) is 0.556. The fraction of sp³-hybridized carbons (Fsp3) is 0.267. The van der Waals surface area contributed by atoms with Crippen molar-refractivity contribution in [3.05, 3.63) is 41.3 Å². The highest BCUT2D eigenvalue weighted by atomic mass is 35.5. The van der Waals surface area contributed by atoms with Crippen LogP contribution in [0, 0.1) is 12.8 Å². The molecule has 110 valence electrons. The predicted molar refractivity (Wildman–Crippen MR) is 85.0 cm³/mol. The van der Waals surface area contributed by atoms with Gasteiger partial charge < -0.3 is 10.6 Å². The molecule has 0 aliphatic carbocycles. The zero-order valence-electron chi connectivity index (χ0n) is 12.1. The maximum absolute atomic E-state index is 11.7. The van der Waals surface area contributed by atoms with Gasteiger partial charge in [-0.25, -0.2) is 9.97 Å². The third-order valence-electron chi connectivity index (χ3n) is 2.86. The minimum atomic E-state index is -0.0652. The van der Waals surface area contributed by atoms with Gasteiger partial charge in [-0.2, -0.15) is 0 Å². The molecule has 1 amide bonds. The fourth-order valence-corrected chi connectivity index (χ4v) is 1.78. The largest absolute Gasteiger partial charge is 0.340 e. The van der Waals surface area contributed by atoms with Crippen LogP contribution in [0.15, 0.2) is 30.5 Å². The molecule has 2 N–H and O–H groups in total. The van der Waals surface area contributed by atoms with E-state index in [2.05, 4.69) is 20.6 Å². The molecule has 0 unspecified atom stereocenters. The van der Waals surface area contributed by atoms with E-state index in [4.69, 9.17) is 11.6 Å². The first-order valence-electron chi connectivity index (χ1n) is 6.63. The number of nitrogens with one attached hydrogen (secondary N) is 2. The molecule has 1 aromatic heterocycles. The summed E-state index contributed by atoms with van der Waals surface area (Å²) >= 11 is 5.80. The number of carbonyl (C=O) groups excluding carboxylic acids is 1. The van der Waals surface area contributed by atoms with E-state index in [9.17, 15) is 4.79 Å². The van der Waals surface area contributed by atoms with Crippen LogP contribution in [-0.2, 0) is 4.79 Å². The average molecular weight is 305 g/mol. The quantitative estimate of drug-likeness (QED) is 0.844. The highest BCUT2D eigenvalue weighted by molar-refractivity contribution is 6.28. The molecule has 0 saturated heterocycles. The van der Waals surface area contributed by atoms with E-state index < -0.39 is 0 Å². The van der Waals surface area contributed by atoms with Crippen LogP contribution >= 0.6 is 11.6 Å². The molecule has 0 fully saturated rings. The number of halogens is 1. The number of hydrogen-bond donors (Lipinski definition) is 2.